The lowest BCUT2D eigenvalue weighted by molar-refractivity contribution is -0.134. The van der Waals surface area contributed by atoms with Crippen LogP contribution in [0.2, 0.25) is 0 Å². The molecular weight excluding hydrogens is 206 g/mol. The molecule has 2 unspecified atom stereocenters. The van der Waals surface area contributed by atoms with Crippen LogP contribution in [0.4, 0.5) is 0 Å². The molecule has 0 spiro atoms. The van der Waals surface area contributed by atoms with Crippen molar-refractivity contribution in [1.82, 2.24) is 5.32 Å². The van der Waals surface area contributed by atoms with Gasteiger partial charge in [-0.3, -0.25) is 4.79 Å². The Balaban J connectivity index is 1.90. The average molecular weight is 227 g/mol. The molecule has 92 valence electrons. The number of carbonyl (C=O) groups is 1. The molecule has 0 aromatic carbocycles. The smallest absolute Gasteiger partial charge is 0.249 e. The van der Waals surface area contributed by atoms with Crippen LogP contribution in [0.15, 0.2) is 0 Å². The van der Waals surface area contributed by atoms with Crippen LogP contribution < -0.4 is 5.32 Å². The molecule has 1 heterocycles. The van der Waals surface area contributed by atoms with Gasteiger partial charge in [-0.1, -0.05) is 12.8 Å². The topological polar surface area (TPSA) is 58.6 Å². The normalized spacial score (nSPS) is 32.9. The van der Waals surface area contributed by atoms with Gasteiger partial charge in [-0.15, -0.1) is 0 Å². The first-order valence-corrected chi connectivity index (χ1v) is 6.23. The summed E-state index contributed by atoms with van der Waals surface area (Å²) in [5.41, 5.74) is -0.369. The van der Waals surface area contributed by atoms with Gasteiger partial charge in [0.1, 0.15) is 6.10 Å². The second-order valence-corrected chi connectivity index (χ2v) is 5.15. The number of hydrogen-bond donors (Lipinski definition) is 2. The summed E-state index contributed by atoms with van der Waals surface area (Å²) in [5, 5.41) is 12.4. The van der Waals surface area contributed by atoms with Crippen LogP contribution in [0, 0.1) is 0 Å². The van der Waals surface area contributed by atoms with Crippen molar-refractivity contribution < 1.29 is 14.6 Å². The van der Waals surface area contributed by atoms with Gasteiger partial charge in [0.2, 0.25) is 5.91 Å². The predicted octanol–water partition coefficient (Wildman–Crippen LogP) is 0.975. The van der Waals surface area contributed by atoms with Crippen LogP contribution in [0.5, 0.6) is 0 Å². The Morgan fingerprint density at radius 3 is 2.62 bits per heavy atom. The fourth-order valence-corrected chi connectivity index (χ4v) is 2.71. The summed E-state index contributed by atoms with van der Waals surface area (Å²) in [6, 6.07) is 0. The van der Waals surface area contributed by atoms with E-state index < -0.39 is 0 Å². The molecule has 2 fully saturated rings. The Morgan fingerprint density at radius 2 is 2.12 bits per heavy atom. The first kappa shape index (κ1) is 11.9. The third-order valence-electron chi connectivity index (χ3n) is 3.78. The lowest BCUT2D eigenvalue weighted by atomic mass is 9.98. The number of rotatable bonds is 3. The maximum Gasteiger partial charge on any atom is 0.249 e. The molecule has 4 nitrogen and oxygen atoms in total. The zero-order valence-electron chi connectivity index (χ0n) is 9.87. The van der Waals surface area contributed by atoms with E-state index >= 15 is 0 Å². The van der Waals surface area contributed by atoms with E-state index in [4.69, 9.17) is 4.74 Å². The molecule has 2 atom stereocenters. The maximum atomic E-state index is 12.0. The third-order valence-corrected chi connectivity index (χ3v) is 3.78. The van der Waals surface area contributed by atoms with Gasteiger partial charge in [-0.2, -0.15) is 0 Å². The molecule has 1 saturated heterocycles. The Kier molecular flexibility index (Phi) is 3.50. The van der Waals surface area contributed by atoms with Gasteiger partial charge in [0.15, 0.2) is 0 Å². The second-order valence-electron chi connectivity index (χ2n) is 5.15. The molecule has 2 aliphatic rings. The summed E-state index contributed by atoms with van der Waals surface area (Å²) < 4.78 is 5.53. The molecule has 1 amide bonds. The number of aliphatic hydroxyl groups is 1. The number of carbonyl (C=O) groups excluding carboxylic acids is 1. The van der Waals surface area contributed by atoms with E-state index in [9.17, 15) is 9.90 Å². The van der Waals surface area contributed by atoms with Gasteiger partial charge >= 0.3 is 0 Å². The summed E-state index contributed by atoms with van der Waals surface area (Å²) in [7, 11) is 0. The molecular formula is C12H21NO3. The zero-order valence-corrected chi connectivity index (χ0v) is 9.87. The van der Waals surface area contributed by atoms with Gasteiger partial charge in [0.05, 0.1) is 18.2 Å². The SMILES string of the molecule is CC1CCC(C(=O)NC2(CO)CCCC2)O1. The average Bonchev–Trinajstić information content (AvgIpc) is 2.88. The molecule has 0 aromatic heterocycles. The second kappa shape index (κ2) is 4.72. The van der Waals surface area contributed by atoms with Gasteiger partial charge in [-0.25, -0.2) is 0 Å². The summed E-state index contributed by atoms with van der Waals surface area (Å²) >= 11 is 0. The van der Waals surface area contributed by atoms with E-state index in [0.29, 0.717) is 0 Å². The highest BCUT2D eigenvalue weighted by Crippen LogP contribution is 2.30. The molecule has 0 bridgehead atoms. The number of amides is 1. The molecule has 0 aromatic rings. The molecule has 2 rings (SSSR count). The Hall–Kier alpha value is -0.610. The fourth-order valence-electron chi connectivity index (χ4n) is 2.71. The van der Waals surface area contributed by atoms with E-state index in [1.807, 2.05) is 6.92 Å². The van der Waals surface area contributed by atoms with E-state index in [1.54, 1.807) is 0 Å². The van der Waals surface area contributed by atoms with E-state index in [0.717, 1.165) is 38.5 Å². The van der Waals surface area contributed by atoms with Gasteiger partial charge in [0, 0.05) is 0 Å². The maximum absolute atomic E-state index is 12.0. The quantitative estimate of drug-likeness (QED) is 0.755. The van der Waals surface area contributed by atoms with Crippen molar-refractivity contribution in [2.24, 2.45) is 0 Å². The van der Waals surface area contributed by atoms with Crippen molar-refractivity contribution in [3.8, 4) is 0 Å². The summed E-state index contributed by atoms with van der Waals surface area (Å²) in [4.78, 5) is 12.0. The highest BCUT2D eigenvalue weighted by Gasteiger charge is 2.38. The van der Waals surface area contributed by atoms with Crippen LogP contribution >= 0.6 is 0 Å². The number of hydrogen-bond acceptors (Lipinski definition) is 3. The van der Waals surface area contributed by atoms with Crippen LogP contribution in [0.1, 0.15) is 45.4 Å². The van der Waals surface area contributed by atoms with Crippen LogP contribution in [0.25, 0.3) is 0 Å². The minimum Gasteiger partial charge on any atom is -0.394 e. The molecule has 16 heavy (non-hydrogen) atoms. The Labute approximate surface area is 96.4 Å². The van der Waals surface area contributed by atoms with Crippen molar-refractivity contribution in [3.63, 3.8) is 0 Å². The van der Waals surface area contributed by atoms with Crippen LogP contribution in [0.3, 0.4) is 0 Å². The van der Waals surface area contributed by atoms with Crippen molar-refractivity contribution in [1.29, 1.82) is 0 Å². The van der Waals surface area contributed by atoms with E-state index in [1.165, 1.54) is 0 Å². The van der Waals surface area contributed by atoms with E-state index in [-0.39, 0.29) is 30.3 Å². The monoisotopic (exact) mass is 227 g/mol. The molecule has 1 saturated carbocycles. The summed E-state index contributed by atoms with van der Waals surface area (Å²) in [6.45, 7) is 2.03. The first-order valence-electron chi connectivity index (χ1n) is 6.23. The zero-order chi connectivity index (χ0) is 11.6. The Morgan fingerprint density at radius 1 is 1.44 bits per heavy atom. The minimum absolute atomic E-state index is 0.0414. The Bertz CT molecular complexity index is 261. The summed E-state index contributed by atoms with van der Waals surface area (Å²) in [5.74, 6) is -0.0414. The van der Waals surface area contributed by atoms with Crippen LogP contribution in [-0.4, -0.2) is 35.4 Å². The molecule has 1 aliphatic heterocycles. The lowest BCUT2D eigenvalue weighted by Gasteiger charge is -2.29. The highest BCUT2D eigenvalue weighted by molar-refractivity contribution is 5.81. The van der Waals surface area contributed by atoms with Gasteiger partial charge in [0.25, 0.3) is 0 Å². The molecule has 2 N–H and O–H groups in total. The van der Waals surface area contributed by atoms with Gasteiger partial charge in [-0.05, 0) is 32.6 Å². The standard InChI is InChI=1S/C12H21NO3/c1-9-4-5-10(16-9)11(15)13-12(8-14)6-2-3-7-12/h9-10,14H,2-8H2,1H3,(H,13,15). The number of nitrogens with one attached hydrogen (secondary N) is 1. The predicted molar refractivity (Wildman–Crippen MR) is 60.0 cm³/mol. The lowest BCUT2D eigenvalue weighted by Crippen LogP contribution is -2.52. The first-order chi connectivity index (χ1) is 7.65. The number of aliphatic hydroxyl groups excluding tert-OH is 1. The minimum atomic E-state index is -0.369. The van der Waals surface area contributed by atoms with Crippen molar-refractivity contribution >= 4 is 5.91 Å². The van der Waals surface area contributed by atoms with E-state index in [2.05, 4.69) is 5.32 Å². The largest absolute Gasteiger partial charge is 0.394 e. The number of ether oxygens (including phenoxy) is 1. The van der Waals surface area contributed by atoms with Gasteiger partial charge < -0.3 is 15.2 Å². The van der Waals surface area contributed by atoms with Crippen LogP contribution in [-0.2, 0) is 9.53 Å². The molecule has 0 radical (unpaired) electrons. The highest BCUT2D eigenvalue weighted by atomic mass is 16.5. The summed E-state index contributed by atoms with van der Waals surface area (Å²) in [6.07, 6.45) is 5.57. The third kappa shape index (κ3) is 2.38. The van der Waals surface area contributed by atoms with Crippen molar-refractivity contribution in [2.75, 3.05) is 6.61 Å². The molecule has 1 aliphatic carbocycles. The van der Waals surface area contributed by atoms with Crippen molar-refractivity contribution in [3.05, 3.63) is 0 Å². The van der Waals surface area contributed by atoms with Crippen molar-refractivity contribution in [2.45, 2.75) is 63.2 Å². The fraction of sp³-hybridized carbons (Fsp3) is 0.917. The molecule has 4 heteroatoms.